The second-order valence-corrected chi connectivity index (χ2v) is 14.2. The van der Waals surface area contributed by atoms with Crippen LogP contribution in [0.25, 0.3) is 11.1 Å². The van der Waals surface area contributed by atoms with Gasteiger partial charge < -0.3 is 19.9 Å². The van der Waals surface area contributed by atoms with E-state index in [1.165, 1.54) is 0 Å². The van der Waals surface area contributed by atoms with Gasteiger partial charge in [-0.1, -0.05) is 84.8 Å². The molecule has 0 spiro atoms. The SMILES string of the molecule is COc1cccc(CN2CCc3ccc(N4CCN(CCCCC5(C(=O)NCC(F)(F)F)c6ccccc6-c6ccccc65)CC4)c(Cl)c3C2=O)c1. The first-order valence-electron chi connectivity index (χ1n) is 17.8. The van der Waals surface area contributed by atoms with Crippen molar-refractivity contribution in [3.05, 3.63) is 118 Å². The van der Waals surface area contributed by atoms with Gasteiger partial charge in [-0.3, -0.25) is 14.5 Å². The summed E-state index contributed by atoms with van der Waals surface area (Å²) in [6.07, 6.45) is -1.92. The van der Waals surface area contributed by atoms with Gasteiger partial charge in [0, 0.05) is 39.3 Å². The summed E-state index contributed by atoms with van der Waals surface area (Å²) in [6, 6.07) is 26.9. The van der Waals surface area contributed by atoms with E-state index in [1.807, 2.05) is 89.8 Å². The van der Waals surface area contributed by atoms with Gasteiger partial charge in [0.15, 0.2) is 0 Å². The molecule has 4 aromatic rings. The van der Waals surface area contributed by atoms with E-state index in [0.29, 0.717) is 36.5 Å². The molecule has 1 aliphatic carbocycles. The number of piperazine rings is 1. The van der Waals surface area contributed by atoms with Crippen LogP contribution in [-0.4, -0.2) is 80.7 Å². The molecular weight excluding hydrogens is 689 g/mol. The number of halogens is 4. The number of hydrogen-bond donors (Lipinski definition) is 1. The Morgan fingerprint density at radius 2 is 1.58 bits per heavy atom. The predicted octanol–water partition coefficient (Wildman–Crippen LogP) is 7.48. The van der Waals surface area contributed by atoms with E-state index in [4.69, 9.17) is 16.3 Å². The Labute approximate surface area is 307 Å². The lowest BCUT2D eigenvalue weighted by Crippen LogP contribution is -2.48. The molecular formula is C41H42ClF3N4O3. The number of carbonyl (C=O) groups excluding carboxylic acids is 2. The summed E-state index contributed by atoms with van der Waals surface area (Å²) in [7, 11) is 1.63. The number of amides is 2. The largest absolute Gasteiger partial charge is 0.497 e. The molecule has 7 rings (SSSR count). The van der Waals surface area contributed by atoms with Crippen LogP contribution in [-0.2, 0) is 23.2 Å². The van der Waals surface area contributed by atoms with Crippen molar-refractivity contribution in [2.75, 3.05) is 57.8 Å². The minimum absolute atomic E-state index is 0.0630. The average molecular weight is 731 g/mol. The molecule has 0 radical (unpaired) electrons. The number of anilines is 1. The number of carbonyl (C=O) groups is 2. The molecule has 52 heavy (non-hydrogen) atoms. The van der Waals surface area contributed by atoms with Crippen molar-refractivity contribution in [3.63, 3.8) is 0 Å². The molecule has 11 heteroatoms. The lowest BCUT2D eigenvalue weighted by Gasteiger charge is -2.38. The number of hydrogen-bond acceptors (Lipinski definition) is 5. The van der Waals surface area contributed by atoms with Gasteiger partial charge in [0.25, 0.3) is 5.91 Å². The van der Waals surface area contributed by atoms with E-state index in [1.54, 1.807) is 7.11 Å². The zero-order valence-corrected chi connectivity index (χ0v) is 29.9. The van der Waals surface area contributed by atoms with Gasteiger partial charge in [-0.25, -0.2) is 0 Å². The maximum Gasteiger partial charge on any atom is 0.405 e. The maximum atomic E-state index is 13.8. The molecule has 3 aliphatic rings. The molecule has 0 aromatic heterocycles. The number of fused-ring (bicyclic) bond motifs is 4. The molecule has 0 bridgehead atoms. The first-order chi connectivity index (χ1) is 25.1. The minimum atomic E-state index is -4.51. The highest BCUT2D eigenvalue weighted by Gasteiger charge is 2.49. The van der Waals surface area contributed by atoms with E-state index in [2.05, 4.69) is 15.1 Å². The highest BCUT2D eigenvalue weighted by molar-refractivity contribution is 6.36. The first-order valence-corrected chi connectivity index (χ1v) is 18.2. The Morgan fingerprint density at radius 1 is 0.885 bits per heavy atom. The number of benzene rings is 4. The van der Waals surface area contributed by atoms with Crippen LogP contribution in [0.2, 0.25) is 5.02 Å². The highest BCUT2D eigenvalue weighted by atomic mass is 35.5. The molecule has 4 aromatic carbocycles. The van der Waals surface area contributed by atoms with Crippen LogP contribution < -0.4 is 15.0 Å². The number of alkyl halides is 3. The molecule has 2 amide bonds. The molecule has 7 nitrogen and oxygen atoms in total. The van der Waals surface area contributed by atoms with Crippen molar-refractivity contribution in [1.82, 2.24) is 15.1 Å². The summed E-state index contributed by atoms with van der Waals surface area (Å²) in [4.78, 5) is 34.0. The quantitative estimate of drug-likeness (QED) is 0.162. The third-order valence-corrected chi connectivity index (χ3v) is 11.1. The summed E-state index contributed by atoms with van der Waals surface area (Å²) >= 11 is 7.01. The van der Waals surface area contributed by atoms with Crippen LogP contribution >= 0.6 is 11.6 Å². The van der Waals surface area contributed by atoms with E-state index < -0.39 is 24.0 Å². The van der Waals surface area contributed by atoms with Gasteiger partial charge in [0.2, 0.25) is 5.91 Å². The third kappa shape index (κ3) is 6.98. The number of nitrogens with zero attached hydrogens (tertiary/aromatic N) is 3. The van der Waals surface area contributed by atoms with Crippen LogP contribution in [0.15, 0.2) is 84.9 Å². The summed E-state index contributed by atoms with van der Waals surface area (Å²) in [5.74, 6) is 0.0787. The second kappa shape index (κ2) is 14.8. The van der Waals surface area contributed by atoms with Crippen molar-refractivity contribution < 1.29 is 27.5 Å². The standard InChI is InChI=1S/C41H42ClF3N4O3/c1-52-30-10-8-9-28(25-30)26-49-20-17-29-15-16-35(37(42)36(29)38(49)50)48-23-21-47(22-24-48)19-7-6-18-40(39(51)46-27-41(43,44)45)33-13-4-2-11-31(33)32-12-3-5-14-34(32)40/h2-5,8-16,25H,6-7,17-24,26-27H2,1H3,(H,46,51). The molecule has 0 saturated carbocycles. The number of rotatable bonds is 11. The lowest BCUT2D eigenvalue weighted by atomic mass is 9.73. The van der Waals surface area contributed by atoms with Crippen LogP contribution in [0.5, 0.6) is 5.75 Å². The predicted molar refractivity (Wildman–Crippen MR) is 197 cm³/mol. The Bertz CT molecular complexity index is 1910. The van der Waals surface area contributed by atoms with Gasteiger partial charge in [0.1, 0.15) is 17.7 Å². The number of unbranched alkanes of at least 4 members (excludes halogenated alkanes) is 1. The normalized spacial score (nSPS) is 16.7. The van der Waals surface area contributed by atoms with Crippen molar-refractivity contribution in [2.45, 2.75) is 43.8 Å². The van der Waals surface area contributed by atoms with Gasteiger partial charge in [-0.2, -0.15) is 13.2 Å². The fraction of sp³-hybridized carbons (Fsp3) is 0.366. The maximum absolute atomic E-state index is 13.8. The molecule has 1 fully saturated rings. The number of methoxy groups -OCH3 is 1. The van der Waals surface area contributed by atoms with Gasteiger partial charge in [0.05, 0.1) is 23.4 Å². The third-order valence-electron chi connectivity index (χ3n) is 10.8. The smallest absolute Gasteiger partial charge is 0.405 e. The second-order valence-electron chi connectivity index (χ2n) is 13.8. The molecule has 2 aliphatic heterocycles. The highest BCUT2D eigenvalue weighted by Crippen LogP contribution is 2.51. The molecule has 0 atom stereocenters. The summed E-state index contributed by atoms with van der Waals surface area (Å²) in [6.45, 7) is 3.61. The zero-order valence-electron chi connectivity index (χ0n) is 29.1. The van der Waals surface area contributed by atoms with E-state index >= 15 is 0 Å². The fourth-order valence-electron chi connectivity index (χ4n) is 8.17. The Balaban J connectivity index is 0.984. The van der Waals surface area contributed by atoms with Gasteiger partial charge in [-0.15, -0.1) is 0 Å². The summed E-state index contributed by atoms with van der Waals surface area (Å²) < 4.78 is 45.1. The monoisotopic (exact) mass is 730 g/mol. The average Bonchev–Trinajstić information content (AvgIpc) is 3.44. The molecule has 272 valence electrons. The molecule has 0 unspecified atom stereocenters. The van der Waals surface area contributed by atoms with Crippen LogP contribution in [0.4, 0.5) is 18.9 Å². The zero-order chi connectivity index (χ0) is 36.5. The van der Waals surface area contributed by atoms with Crippen LogP contribution in [0.3, 0.4) is 0 Å². The molecule has 1 N–H and O–H groups in total. The van der Waals surface area contributed by atoms with Crippen molar-refractivity contribution in [1.29, 1.82) is 0 Å². The Morgan fingerprint density at radius 3 is 2.25 bits per heavy atom. The molecule has 2 heterocycles. The summed E-state index contributed by atoms with van der Waals surface area (Å²) in [5, 5.41) is 2.72. The number of ether oxygens (including phenoxy) is 1. The van der Waals surface area contributed by atoms with Crippen molar-refractivity contribution in [2.24, 2.45) is 0 Å². The van der Waals surface area contributed by atoms with Crippen molar-refractivity contribution >= 4 is 29.1 Å². The van der Waals surface area contributed by atoms with E-state index in [9.17, 15) is 22.8 Å². The Kier molecular flexibility index (Phi) is 10.2. The first kappa shape index (κ1) is 35.8. The lowest BCUT2D eigenvalue weighted by molar-refractivity contribution is -0.141. The van der Waals surface area contributed by atoms with E-state index in [-0.39, 0.29) is 5.91 Å². The van der Waals surface area contributed by atoms with Crippen LogP contribution in [0.1, 0.15) is 51.9 Å². The minimum Gasteiger partial charge on any atom is -0.497 e. The van der Waals surface area contributed by atoms with E-state index in [0.717, 1.165) is 90.4 Å². The van der Waals surface area contributed by atoms with Gasteiger partial charge in [-0.05, 0) is 77.4 Å². The number of nitrogens with one attached hydrogen (secondary N) is 1. The van der Waals surface area contributed by atoms with Crippen LogP contribution in [0, 0.1) is 0 Å². The molecule has 1 saturated heterocycles. The topological polar surface area (TPSA) is 65.1 Å². The Hall–Kier alpha value is -4.54. The van der Waals surface area contributed by atoms with Gasteiger partial charge >= 0.3 is 6.18 Å². The fourth-order valence-corrected chi connectivity index (χ4v) is 8.55. The summed E-state index contributed by atoms with van der Waals surface area (Å²) in [5.41, 5.74) is 5.52. The van der Waals surface area contributed by atoms with Crippen molar-refractivity contribution in [3.8, 4) is 16.9 Å².